The third-order valence-electron chi connectivity index (χ3n) is 1.92. The fraction of sp³-hybridized carbons (Fsp3) is 0.364. The van der Waals surface area contributed by atoms with Gasteiger partial charge in [-0.2, -0.15) is 0 Å². The molecule has 0 aromatic heterocycles. The van der Waals surface area contributed by atoms with Crippen molar-refractivity contribution < 1.29 is 9.53 Å². The molecule has 0 aliphatic carbocycles. The first kappa shape index (κ1) is 12.3. The lowest BCUT2D eigenvalue weighted by molar-refractivity contribution is -0.120. The number of carbonyl (C=O) groups is 1. The minimum Gasteiger partial charge on any atom is -0.497 e. The summed E-state index contributed by atoms with van der Waals surface area (Å²) in [5, 5.41) is 2.83. The minimum absolute atomic E-state index is 0.0555. The normalized spacial score (nSPS) is 9.73. The van der Waals surface area contributed by atoms with Crippen molar-refractivity contribution in [3.63, 3.8) is 0 Å². The van der Waals surface area contributed by atoms with Gasteiger partial charge in [0.25, 0.3) is 0 Å². The summed E-state index contributed by atoms with van der Waals surface area (Å²) in [6.07, 6.45) is 0.411. The van der Waals surface area contributed by atoms with Crippen LogP contribution in [0.5, 0.6) is 5.75 Å². The van der Waals surface area contributed by atoms with Crippen molar-refractivity contribution in [3.8, 4) is 5.75 Å². The van der Waals surface area contributed by atoms with Gasteiger partial charge in [-0.25, -0.2) is 0 Å². The second-order valence-electron chi connectivity index (χ2n) is 3.07. The Morgan fingerprint density at radius 1 is 1.53 bits per heavy atom. The van der Waals surface area contributed by atoms with Crippen LogP contribution in [0.2, 0.25) is 0 Å². The number of halogens is 1. The second kappa shape index (κ2) is 6.66. The molecule has 0 saturated carbocycles. The van der Waals surface area contributed by atoms with Gasteiger partial charge in [0.15, 0.2) is 0 Å². The molecule has 15 heavy (non-hydrogen) atoms. The number of benzene rings is 1. The van der Waals surface area contributed by atoms with Gasteiger partial charge in [0, 0.05) is 11.0 Å². The van der Waals surface area contributed by atoms with Crippen LogP contribution in [-0.4, -0.2) is 24.0 Å². The number of hydrogen-bond acceptors (Lipinski definition) is 2. The zero-order valence-electron chi connectivity index (χ0n) is 8.63. The molecule has 0 radical (unpaired) electrons. The van der Waals surface area contributed by atoms with Gasteiger partial charge in [0.1, 0.15) is 5.75 Å². The molecule has 1 rings (SSSR count). The number of hydrogen-bond donors (Lipinski definition) is 1. The van der Waals surface area contributed by atoms with E-state index in [1.807, 2.05) is 24.3 Å². The van der Waals surface area contributed by atoms with Crippen molar-refractivity contribution in [1.29, 1.82) is 0 Å². The average Bonchev–Trinajstić information content (AvgIpc) is 2.26. The molecule has 1 N–H and O–H groups in total. The highest BCUT2D eigenvalue weighted by Crippen LogP contribution is 2.12. The molecular weight excluding hydrogens is 305 g/mol. The topological polar surface area (TPSA) is 38.3 Å². The molecule has 0 aliphatic heterocycles. The quantitative estimate of drug-likeness (QED) is 0.664. The maximum absolute atomic E-state index is 11.4. The van der Waals surface area contributed by atoms with Crippen LogP contribution in [0.25, 0.3) is 0 Å². The number of methoxy groups -OCH3 is 1. The first-order valence-electron chi connectivity index (χ1n) is 4.72. The Kier molecular flexibility index (Phi) is 5.45. The Morgan fingerprint density at radius 3 is 3.00 bits per heavy atom. The smallest absolute Gasteiger partial charge is 0.224 e. The van der Waals surface area contributed by atoms with Gasteiger partial charge in [-0.15, -0.1) is 0 Å². The van der Waals surface area contributed by atoms with E-state index in [1.165, 1.54) is 0 Å². The van der Waals surface area contributed by atoms with Gasteiger partial charge in [-0.1, -0.05) is 34.7 Å². The minimum atomic E-state index is 0.0555. The summed E-state index contributed by atoms with van der Waals surface area (Å²) < 4.78 is 6.02. The first-order chi connectivity index (χ1) is 7.26. The zero-order chi connectivity index (χ0) is 11.1. The van der Waals surface area contributed by atoms with Crippen LogP contribution in [0.4, 0.5) is 0 Å². The van der Waals surface area contributed by atoms with E-state index in [9.17, 15) is 4.79 Å². The third kappa shape index (κ3) is 4.51. The molecular formula is C11H14INO2. The van der Waals surface area contributed by atoms with Crippen LogP contribution in [-0.2, 0) is 11.2 Å². The van der Waals surface area contributed by atoms with E-state index < -0.39 is 0 Å². The summed E-state index contributed by atoms with van der Waals surface area (Å²) in [4.78, 5) is 11.4. The Labute approximate surface area is 103 Å². The fourth-order valence-corrected chi connectivity index (χ4v) is 1.49. The van der Waals surface area contributed by atoms with Crippen LogP contribution in [0.1, 0.15) is 5.56 Å². The van der Waals surface area contributed by atoms with Gasteiger partial charge in [-0.05, 0) is 17.7 Å². The van der Waals surface area contributed by atoms with Gasteiger partial charge in [0.05, 0.1) is 13.5 Å². The predicted molar refractivity (Wildman–Crippen MR) is 68.6 cm³/mol. The highest BCUT2D eigenvalue weighted by atomic mass is 127. The van der Waals surface area contributed by atoms with E-state index in [0.717, 1.165) is 22.3 Å². The molecule has 0 bridgehead atoms. The van der Waals surface area contributed by atoms with Crippen LogP contribution in [0.3, 0.4) is 0 Å². The standard InChI is InChI=1S/C11H14INO2/c1-15-10-4-2-3-9(7-10)8-11(14)13-6-5-12/h2-4,7H,5-6,8H2,1H3,(H,13,14). The number of nitrogens with one attached hydrogen (secondary N) is 1. The second-order valence-corrected chi connectivity index (χ2v) is 4.15. The largest absolute Gasteiger partial charge is 0.497 e. The highest BCUT2D eigenvalue weighted by Gasteiger charge is 2.02. The molecule has 0 atom stereocenters. The van der Waals surface area contributed by atoms with Crippen molar-refractivity contribution in [2.75, 3.05) is 18.1 Å². The van der Waals surface area contributed by atoms with Gasteiger partial charge >= 0.3 is 0 Å². The van der Waals surface area contributed by atoms with Gasteiger partial charge < -0.3 is 10.1 Å². The zero-order valence-corrected chi connectivity index (χ0v) is 10.8. The number of ether oxygens (including phenoxy) is 1. The number of alkyl halides is 1. The van der Waals surface area contributed by atoms with Crippen LogP contribution in [0.15, 0.2) is 24.3 Å². The molecule has 1 aromatic rings. The van der Waals surface area contributed by atoms with Crippen molar-refractivity contribution >= 4 is 28.5 Å². The van der Waals surface area contributed by atoms with E-state index >= 15 is 0 Å². The van der Waals surface area contributed by atoms with Crippen LogP contribution in [0, 0.1) is 0 Å². The van der Waals surface area contributed by atoms with Crippen molar-refractivity contribution in [2.45, 2.75) is 6.42 Å². The summed E-state index contributed by atoms with van der Waals surface area (Å²) in [5.41, 5.74) is 0.973. The molecule has 0 heterocycles. The lowest BCUT2D eigenvalue weighted by Crippen LogP contribution is -2.26. The molecule has 0 saturated heterocycles. The van der Waals surface area contributed by atoms with E-state index in [1.54, 1.807) is 7.11 Å². The lowest BCUT2D eigenvalue weighted by Gasteiger charge is -2.05. The fourth-order valence-electron chi connectivity index (χ4n) is 1.22. The van der Waals surface area contributed by atoms with E-state index in [2.05, 4.69) is 27.9 Å². The Balaban J connectivity index is 2.52. The molecule has 0 spiro atoms. The summed E-state index contributed by atoms with van der Waals surface area (Å²) in [7, 11) is 1.62. The molecule has 4 heteroatoms. The van der Waals surface area contributed by atoms with Crippen LogP contribution < -0.4 is 10.1 Å². The number of carbonyl (C=O) groups excluding carboxylic acids is 1. The maximum Gasteiger partial charge on any atom is 0.224 e. The Hall–Kier alpha value is -0.780. The Bertz CT molecular complexity index is 328. The molecule has 1 aromatic carbocycles. The van der Waals surface area contributed by atoms with Crippen LogP contribution >= 0.6 is 22.6 Å². The van der Waals surface area contributed by atoms with Gasteiger partial charge in [-0.3, -0.25) is 4.79 Å². The van der Waals surface area contributed by atoms with E-state index in [4.69, 9.17) is 4.74 Å². The van der Waals surface area contributed by atoms with Gasteiger partial charge in [0.2, 0.25) is 5.91 Å². The molecule has 0 fully saturated rings. The van der Waals surface area contributed by atoms with Crippen molar-refractivity contribution in [1.82, 2.24) is 5.32 Å². The lowest BCUT2D eigenvalue weighted by atomic mass is 10.1. The average molecular weight is 319 g/mol. The molecule has 3 nitrogen and oxygen atoms in total. The summed E-state index contributed by atoms with van der Waals surface area (Å²) >= 11 is 2.23. The van der Waals surface area contributed by atoms with E-state index in [-0.39, 0.29) is 5.91 Å². The molecule has 0 unspecified atom stereocenters. The highest BCUT2D eigenvalue weighted by molar-refractivity contribution is 14.1. The molecule has 82 valence electrons. The summed E-state index contributed by atoms with van der Waals surface area (Å²) in [5.74, 6) is 0.842. The number of rotatable bonds is 5. The first-order valence-corrected chi connectivity index (χ1v) is 6.24. The molecule has 1 amide bonds. The third-order valence-corrected chi connectivity index (χ3v) is 2.45. The monoisotopic (exact) mass is 319 g/mol. The summed E-state index contributed by atoms with van der Waals surface area (Å²) in [6, 6.07) is 7.56. The van der Waals surface area contributed by atoms with Crippen molar-refractivity contribution in [3.05, 3.63) is 29.8 Å². The number of amides is 1. The molecule has 0 aliphatic rings. The van der Waals surface area contributed by atoms with Crippen molar-refractivity contribution in [2.24, 2.45) is 0 Å². The maximum atomic E-state index is 11.4. The Morgan fingerprint density at radius 2 is 2.33 bits per heavy atom. The summed E-state index contributed by atoms with van der Waals surface area (Å²) in [6.45, 7) is 0.726. The predicted octanol–water partition coefficient (Wildman–Crippen LogP) is 1.79. The van der Waals surface area contributed by atoms with E-state index in [0.29, 0.717) is 6.42 Å². The SMILES string of the molecule is COc1cccc(CC(=O)NCCI)c1.